The Kier molecular flexibility index (Phi) is 3.72. The lowest BCUT2D eigenvalue weighted by atomic mass is 10.1. The van der Waals surface area contributed by atoms with Gasteiger partial charge < -0.3 is 20.1 Å². The summed E-state index contributed by atoms with van der Waals surface area (Å²) in [6, 6.07) is 1.35. The largest absolute Gasteiger partial charge is 0.504 e. The monoisotopic (exact) mass is 336 g/mol. The van der Waals surface area contributed by atoms with E-state index in [0.717, 1.165) is 12.8 Å². The van der Waals surface area contributed by atoms with Crippen LogP contribution < -0.4 is 10.7 Å². The Morgan fingerprint density at radius 2 is 2.04 bits per heavy atom. The maximum atomic E-state index is 12.7. The number of carbonyl (C=O) groups excluding carboxylic acids is 1. The molecule has 1 saturated carbocycles. The quantitative estimate of drug-likeness (QED) is 0.751. The van der Waals surface area contributed by atoms with E-state index in [0.29, 0.717) is 5.52 Å². The molecule has 0 aliphatic heterocycles. The van der Waals surface area contributed by atoms with Gasteiger partial charge >= 0.3 is 0 Å². The first-order valence-corrected chi connectivity index (χ1v) is 7.79. The van der Waals surface area contributed by atoms with Crippen LogP contribution in [0.25, 0.3) is 10.9 Å². The summed E-state index contributed by atoms with van der Waals surface area (Å²) in [6.07, 6.45) is 3.35. The summed E-state index contributed by atoms with van der Waals surface area (Å²) in [4.78, 5) is 25.0. The molecule has 1 fully saturated rings. The number of rotatable bonds is 3. The second kappa shape index (κ2) is 5.45. The molecule has 0 atom stereocenters. The number of hydrogen-bond donors (Lipinski definition) is 3. The second-order valence-electron chi connectivity index (χ2n) is 6.09. The van der Waals surface area contributed by atoms with E-state index in [2.05, 4.69) is 5.32 Å². The zero-order chi connectivity index (χ0) is 16.9. The van der Waals surface area contributed by atoms with Gasteiger partial charge in [-0.15, -0.1) is 0 Å². The summed E-state index contributed by atoms with van der Waals surface area (Å²) in [6.45, 7) is 3.60. The molecule has 2 aromatic rings. The highest BCUT2D eigenvalue weighted by Crippen LogP contribution is 2.42. The van der Waals surface area contributed by atoms with Crippen LogP contribution in [0.5, 0.6) is 11.5 Å². The SMILES string of the molecule is CC(C)NC(=O)c1cn(C2CC2)c2cc(O)c(O)c(Cl)c2c1=O. The van der Waals surface area contributed by atoms with Crippen LogP contribution in [-0.2, 0) is 0 Å². The number of phenols is 2. The van der Waals surface area contributed by atoms with Crippen molar-refractivity contribution in [1.82, 2.24) is 9.88 Å². The Labute approximate surface area is 137 Å². The molecule has 0 unspecified atom stereocenters. The third-order valence-corrected chi connectivity index (χ3v) is 4.19. The van der Waals surface area contributed by atoms with Gasteiger partial charge in [-0.2, -0.15) is 0 Å². The van der Waals surface area contributed by atoms with E-state index in [9.17, 15) is 19.8 Å². The predicted octanol–water partition coefficient (Wildman–Crippen LogP) is 2.54. The van der Waals surface area contributed by atoms with Crippen molar-refractivity contribution in [1.29, 1.82) is 0 Å². The number of nitrogens with zero attached hydrogens (tertiary/aromatic N) is 1. The standard InChI is InChI=1S/C16H17ClN2O4/c1-7(2)18-16(23)9-6-19(8-3-4-8)10-5-11(20)15(22)13(17)12(10)14(9)21/h5-8,20,22H,3-4H2,1-2H3,(H,18,23). The summed E-state index contributed by atoms with van der Waals surface area (Å²) in [5.74, 6) is -1.43. The maximum absolute atomic E-state index is 12.7. The van der Waals surface area contributed by atoms with E-state index in [1.165, 1.54) is 12.3 Å². The molecule has 6 nitrogen and oxygen atoms in total. The molecule has 23 heavy (non-hydrogen) atoms. The molecule has 1 amide bonds. The number of aromatic hydroxyl groups is 2. The number of hydrogen-bond acceptors (Lipinski definition) is 4. The van der Waals surface area contributed by atoms with Crippen LogP contribution in [0.15, 0.2) is 17.1 Å². The lowest BCUT2D eigenvalue weighted by molar-refractivity contribution is 0.0941. The van der Waals surface area contributed by atoms with Crippen molar-refractivity contribution in [2.75, 3.05) is 0 Å². The molecule has 0 radical (unpaired) electrons. The van der Waals surface area contributed by atoms with E-state index < -0.39 is 22.8 Å². The number of phenolic OH excluding ortho intramolecular Hbond substituents is 2. The van der Waals surface area contributed by atoms with Crippen LogP contribution in [0.1, 0.15) is 43.1 Å². The van der Waals surface area contributed by atoms with Crippen molar-refractivity contribution in [3.8, 4) is 11.5 Å². The van der Waals surface area contributed by atoms with E-state index in [4.69, 9.17) is 11.6 Å². The Bertz CT molecular complexity index is 869. The van der Waals surface area contributed by atoms with Crippen LogP contribution in [0.3, 0.4) is 0 Å². The number of fused-ring (bicyclic) bond motifs is 1. The van der Waals surface area contributed by atoms with E-state index in [-0.39, 0.29) is 28.1 Å². The number of nitrogens with one attached hydrogen (secondary N) is 1. The molecule has 122 valence electrons. The Morgan fingerprint density at radius 1 is 1.39 bits per heavy atom. The molecule has 1 aromatic carbocycles. The molecule has 3 rings (SSSR count). The summed E-state index contributed by atoms with van der Waals surface area (Å²) < 4.78 is 1.77. The normalized spacial score (nSPS) is 14.4. The van der Waals surface area contributed by atoms with Gasteiger partial charge in [0.15, 0.2) is 11.5 Å². The van der Waals surface area contributed by atoms with Crippen molar-refractivity contribution in [2.24, 2.45) is 0 Å². The molecule has 0 saturated heterocycles. The molecule has 1 heterocycles. The smallest absolute Gasteiger partial charge is 0.256 e. The highest BCUT2D eigenvalue weighted by Gasteiger charge is 2.28. The van der Waals surface area contributed by atoms with Gasteiger partial charge in [0.2, 0.25) is 5.43 Å². The third kappa shape index (κ3) is 2.63. The Hall–Kier alpha value is -2.21. The minimum absolute atomic E-state index is 0.0231. The molecular weight excluding hydrogens is 320 g/mol. The molecular formula is C16H17ClN2O4. The fourth-order valence-corrected chi connectivity index (χ4v) is 2.87. The topological polar surface area (TPSA) is 91.6 Å². The van der Waals surface area contributed by atoms with Gasteiger partial charge in [-0.05, 0) is 26.7 Å². The molecule has 0 bridgehead atoms. The van der Waals surface area contributed by atoms with Gasteiger partial charge in [0.05, 0.1) is 15.9 Å². The number of halogens is 1. The van der Waals surface area contributed by atoms with Gasteiger partial charge in [0, 0.05) is 24.3 Å². The highest BCUT2D eigenvalue weighted by molar-refractivity contribution is 6.37. The lowest BCUT2D eigenvalue weighted by Crippen LogP contribution is -2.34. The molecule has 3 N–H and O–H groups in total. The summed E-state index contributed by atoms with van der Waals surface area (Å²) in [5.41, 5.74) is -0.167. The Morgan fingerprint density at radius 3 is 2.61 bits per heavy atom. The fraction of sp³-hybridized carbons (Fsp3) is 0.375. The first-order valence-electron chi connectivity index (χ1n) is 7.41. The van der Waals surface area contributed by atoms with Crippen LogP contribution in [0.2, 0.25) is 5.02 Å². The third-order valence-electron chi connectivity index (χ3n) is 3.82. The van der Waals surface area contributed by atoms with Crippen molar-refractivity contribution in [3.05, 3.63) is 33.1 Å². The summed E-state index contributed by atoms with van der Waals surface area (Å²) in [7, 11) is 0. The molecule has 1 aromatic heterocycles. The van der Waals surface area contributed by atoms with Crippen LogP contribution in [-0.4, -0.2) is 26.7 Å². The van der Waals surface area contributed by atoms with Gasteiger partial charge in [-0.1, -0.05) is 11.6 Å². The zero-order valence-electron chi connectivity index (χ0n) is 12.8. The molecule has 1 aliphatic rings. The summed E-state index contributed by atoms with van der Waals surface area (Å²) >= 11 is 6.06. The average molecular weight is 337 g/mol. The number of amides is 1. The van der Waals surface area contributed by atoms with Crippen molar-refractivity contribution in [3.63, 3.8) is 0 Å². The number of carbonyl (C=O) groups is 1. The predicted molar refractivity (Wildman–Crippen MR) is 87.4 cm³/mol. The van der Waals surface area contributed by atoms with Gasteiger partial charge in [0.25, 0.3) is 5.91 Å². The minimum Gasteiger partial charge on any atom is -0.504 e. The van der Waals surface area contributed by atoms with Crippen molar-refractivity contribution < 1.29 is 15.0 Å². The molecule has 0 spiro atoms. The number of aromatic nitrogens is 1. The van der Waals surface area contributed by atoms with Crippen LogP contribution >= 0.6 is 11.6 Å². The molecule has 1 aliphatic carbocycles. The van der Waals surface area contributed by atoms with Gasteiger partial charge in [0.1, 0.15) is 5.56 Å². The number of benzene rings is 1. The Balaban J connectivity index is 2.34. The van der Waals surface area contributed by atoms with E-state index >= 15 is 0 Å². The average Bonchev–Trinajstić information content (AvgIpc) is 3.28. The first-order chi connectivity index (χ1) is 10.8. The maximum Gasteiger partial charge on any atom is 0.256 e. The van der Waals surface area contributed by atoms with Crippen molar-refractivity contribution >= 4 is 28.4 Å². The minimum atomic E-state index is -0.560. The molecule has 7 heteroatoms. The lowest BCUT2D eigenvalue weighted by Gasteiger charge is -2.15. The fourth-order valence-electron chi connectivity index (χ4n) is 2.59. The van der Waals surface area contributed by atoms with Gasteiger partial charge in [-0.25, -0.2) is 0 Å². The van der Waals surface area contributed by atoms with Crippen molar-refractivity contribution in [2.45, 2.75) is 38.8 Å². The number of pyridine rings is 1. The summed E-state index contributed by atoms with van der Waals surface area (Å²) in [5, 5.41) is 22.1. The van der Waals surface area contributed by atoms with E-state index in [1.54, 1.807) is 18.4 Å². The van der Waals surface area contributed by atoms with Crippen LogP contribution in [0, 0.1) is 0 Å². The second-order valence-corrected chi connectivity index (χ2v) is 6.47. The zero-order valence-corrected chi connectivity index (χ0v) is 13.5. The van der Waals surface area contributed by atoms with Crippen LogP contribution in [0.4, 0.5) is 0 Å². The van der Waals surface area contributed by atoms with Gasteiger partial charge in [-0.3, -0.25) is 9.59 Å². The highest BCUT2D eigenvalue weighted by atomic mass is 35.5. The van der Waals surface area contributed by atoms with E-state index in [1.807, 2.05) is 0 Å². The first kappa shape index (κ1) is 15.7.